The number of halogens is 1. The first kappa shape index (κ1) is 10.6. The highest BCUT2D eigenvalue weighted by molar-refractivity contribution is 14.1. The van der Waals surface area contributed by atoms with Crippen LogP contribution in [-0.2, 0) is 11.3 Å². The number of imidazole rings is 1. The van der Waals surface area contributed by atoms with Gasteiger partial charge in [0.1, 0.15) is 6.54 Å². The number of amides is 1. The van der Waals surface area contributed by atoms with Crippen LogP contribution in [0.4, 0.5) is 0 Å². The first-order chi connectivity index (χ1) is 7.08. The van der Waals surface area contributed by atoms with Crippen molar-refractivity contribution in [3.8, 4) is 0 Å². The maximum absolute atomic E-state index is 10.9. The Morgan fingerprint density at radius 1 is 1.60 bits per heavy atom. The molecule has 1 aromatic carbocycles. The van der Waals surface area contributed by atoms with Gasteiger partial charge in [-0.2, -0.15) is 0 Å². The van der Waals surface area contributed by atoms with Gasteiger partial charge in [-0.1, -0.05) is 0 Å². The lowest BCUT2D eigenvalue weighted by Crippen LogP contribution is -2.18. The van der Waals surface area contributed by atoms with E-state index in [9.17, 15) is 4.79 Å². The summed E-state index contributed by atoms with van der Waals surface area (Å²) in [6, 6.07) is 5.86. The van der Waals surface area contributed by atoms with E-state index in [1.807, 2.05) is 18.2 Å². The number of fused-ring (bicyclic) bond motifs is 1. The minimum Gasteiger partial charge on any atom is -0.368 e. The zero-order valence-electron chi connectivity index (χ0n) is 7.66. The molecular formula is C9H8IN3OS. The molecule has 1 aromatic heterocycles. The smallest absolute Gasteiger partial charge is 0.237 e. The fourth-order valence-electron chi connectivity index (χ4n) is 1.45. The summed E-state index contributed by atoms with van der Waals surface area (Å²) in [7, 11) is 0. The van der Waals surface area contributed by atoms with Crippen LogP contribution in [0, 0.1) is 8.34 Å². The van der Waals surface area contributed by atoms with Crippen molar-refractivity contribution in [3.05, 3.63) is 26.5 Å². The zero-order valence-corrected chi connectivity index (χ0v) is 10.6. The van der Waals surface area contributed by atoms with Crippen molar-refractivity contribution < 1.29 is 4.79 Å². The molecule has 15 heavy (non-hydrogen) atoms. The number of nitrogens with one attached hydrogen (secondary N) is 1. The average molecular weight is 333 g/mol. The number of nitrogens with two attached hydrogens (primary N) is 1. The van der Waals surface area contributed by atoms with Crippen molar-refractivity contribution in [2.45, 2.75) is 6.54 Å². The lowest BCUT2D eigenvalue weighted by Gasteiger charge is -2.00. The molecule has 0 bridgehead atoms. The molecule has 0 saturated carbocycles. The molecule has 6 heteroatoms. The highest BCUT2D eigenvalue weighted by Crippen LogP contribution is 2.17. The molecule has 0 radical (unpaired) electrons. The third kappa shape index (κ3) is 2.05. The molecule has 1 heterocycles. The lowest BCUT2D eigenvalue weighted by molar-refractivity contribution is -0.118. The summed E-state index contributed by atoms with van der Waals surface area (Å²) >= 11 is 7.33. The van der Waals surface area contributed by atoms with E-state index in [2.05, 4.69) is 27.6 Å². The van der Waals surface area contributed by atoms with Crippen molar-refractivity contribution >= 4 is 51.7 Å². The van der Waals surface area contributed by atoms with E-state index in [0.717, 1.165) is 14.6 Å². The number of carbonyl (C=O) groups is 1. The SMILES string of the molecule is NC(=O)Cn1c(=S)[nH]c2cc(I)ccc21. The molecule has 0 aliphatic rings. The van der Waals surface area contributed by atoms with E-state index in [1.54, 1.807) is 4.57 Å². The quantitative estimate of drug-likeness (QED) is 0.650. The van der Waals surface area contributed by atoms with Crippen LogP contribution in [0.25, 0.3) is 11.0 Å². The number of primary amides is 1. The van der Waals surface area contributed by atoms with Gasteiger partial charge >= 0.3 is 0 Å². The molecule has 78 valence electrons. The molecule has 0 unspecified atom stereocenters. The average Bonchev–Trinajstić information content (AvgIpc) is 2.41. The number of H-pyrrole nitrogens is 1. The molecule has 2 aromatic rings. The van der Waals surface area contributed by atoms with Gasteiger partial charge in [0.2, 0.25) is 5.91 Å². The number of hydrogen-bond acceptors (Lipinski definition) is 2. The third-order valence-electron chi connectivity index (χ3n) is 2.05. The Hall–Kier alpha value is -0.890. The topological polar surface area (TPSA) is 63.8 Å². The standard InChI is InChI=1S/C9H8IN3OS/c10-5-1-2-7-6(3-5)12-9(15)13(7)4-8(11)14/h1-3H,4H2,(H2,11,14)(H,12,15). The molecule has 4 nitrogen and oxygen atoms in total. The van der Waals surface area contributed by atoms with Crippen molar-refractivity contribution in [3.63, 3.8) is 0 Å². The number of hydrogen-bond donors (Lipinski definition) is 2. The molecule has 0 aliphatic heterocycles. The Balaban J connectivity index is 2.68. The van der Waals surface area contributed by atoms with Gasteiger partial charge in [0.05, 0.1) is 11.0 Å². The molecule has 0 spiro atoms. The lowest BCUT2D eigenvalue weighted by atomic mass is 10.3. The molecule has 0 fully saturated rings. The third-order valence-corrected chi connectivity index (χ3v) is 3.04. The van der Waals surface area contributed by atoms with E-state index in [1.165, 1.54) is 0 Å². The van der Waals surface area contributed by atoms with Gasteiger partial charge < -0.3 is 15.3 Å². The van der Waals surface area contributed by atoms with Crippen LogP contribution in [0.3, 0.4) is 0 Å². The van der Waals surface area contributed by atoms with Gasteiger partial charge in [0.25, 0.3) is 0 Å². The minimum atomic E-state index is -0.398. The van der Waals surface area contributed by atoms with E-state index >= 15 is 0 Å². The molecule has 1 amide bonds. The minimum absolute atomic E-state index is 0.111. The molecular weight excluding hydrogens is 325 g/mol. The zero-order chi connectivity index (χ0) is 11.0. The summed E-state index contributed by atoms with van der Waals surface area (Å²) in [5.74, 6) is -0.398. The second kappa shape index (κ2) is 3.93. The number of aromatic nitrogens is 2. The van der Waals surface area contributed by atoms with Crippen LogP contribution in [0.2, 0.25) is 0 Å². The van der Waals surface area contributed by atoms with Crippen LogP contribution in [-0.4, -0.2) is 15.5 Å². The van der Waals surface area contributed by atoms with Gasteiger partial charge in [-0.3, -0.25) is 4.79 Å². The Bertz CT molecular complexity index is 587. The van der Waals surface area contributed by atoms with Crippen LogP contribution in [0.5, 0.6) is 0 Å². The summed E-state index contributed by atoms with van der Waals surface area (Å²) in [5.41, 5.74) is 6.98. The maximum atomic E-state index is 10.9. The van der Waals surface area contributed by atoms with Gasteiger partial charge in [0.15, 0.2) is 4.77 Å². The van der Waals surface area contributed by atoms with Crippen molar-refractivity contribution in [2.75, 3.05) is 0 Å². The monoisotopic (exact) mass is 333 g/mol. The Labute approximate surface area is 105 Å². The van der Waals surface area contributed by atoms with E-state index in [4.69, 9.17) is 18.0 Å². The summed E-state index contributed by atoms with van der Waals surface area (Å²) in [6.07, 6.45) is 0. The Kier molecular flexibility index (Phi) is 2.79. The molecule has 0 saturated heterocycles. The number of aromatic amines is 1. The first-order valence-corrected chi connectivity index (χ1v) is 5.73. The van der Waals surface area contributed by atoms with Gasteiger partial charge in [-0.25, -0.2) is 0 Å². The number of carbonyl (C=O) groups excluding carboxylic acids is 1. The van der Waals surface area contributed by atoms with E-state index in [0.29, 0.717) is 4.77 Å². The van der Waals surface area contributed by atoms with Crippen molar-refractivity contribution in [2.24, 2.45) is 5.73 Å². The predicted molar refractivity (Wildman–Crippen MR) is 69.0 cm³/mol. The molecule has 0 aliphatic carbocycles. The second-order valence-electron chi connectivity index (χ2n) is 3.14. The Morgan fingerprint density at radius 3 is 3.00 bits per heavy atom. The summed E-state index contributed by atoms with van der Waals surface area (Å²) in [6.45, 7) is 0.111. The molecule has 0 atom stereocenters. The van der Waals surface area contributed by atoms with Crippen LogP contribution in [0.15, 0.2) is 18.2 Å². The molecule has 2 rings (SSSR count). The van der Waals surface area contributed by atoms with Gasteiger partial charge in [0, 0.05) is 3.57 Å². The summed E-state index contributed by atoms with van der Waals surface area (Å²) < 4.78 is 3.33. The molecule has 3 N–H and O–H groups in total. The highest BCUT2D eigenvalue weighted by atomic mass is 127. The van der Waals surface area contributed by atoms with Crippen molar-refractivity contribution in [1.82, 2.24) is 9.55 Å². The first-order valence-electron chi connectivity index (χ1n) is 4.24. The highest BCUT2D eigenvalue weighted by Gasteiger charge is 2.06. The van der Waals surface area contributed by atoms with Crippen molar-refractivity contribution in [1.29, 1.82) is 0 Å². The van der Waals surface area contributed by atoms with Crippen LogP contribution in [0.1, 0.15) is 0 Å². The number of benzene rings is 1. The number of rotatable bonds is 2. The largest absolute Gasteiger partial charge is 0.368 e. The maximum Gasteiger partial charge on any atom is 0.237 e. The van der Waals surface area contributed by atoms with Gasteiger partial charge in [-0.15, -0.1) is 0 Å². The van der Waals surface area contributed by atoms with Crippen LogP contribution < -0.4 is 5.73 Å². The van der Waals surface area contributed by atoms with E-state index in [-0.39, 0.29) is 6.54 Å². The second-order valence-corrected chi connectivity index (χ2v) is 4.78. The van der Waals surface area contributed by atoms with Gasteiger partial charge in [-0.05, 0) is 53.0 Å². The van der Waals surface area contributed by atoms with E-state index < -0.39 is 5.91 Å². The summed E-state index contributed by atoms with van der Waals surface area (Å²) in [4.78, 5) is 13.9. The fourth-order valence-corrected chi connectivity index (χ4v) is 2.21. The van der Waals surface area contributed by atoms with Crippen LogP contribution >= 0.6 is 34.8 Å². The Morgan fingerprint density at radius 2 is 2.33 bits per heavy atom. The fraction of sp³-hybridized carbons (Fsp3) is 0.111. The number of nitrogens with zero attached hydrogens (tertiary/aromatic N) is 1. The summed E-state index contributed by atoms with van der Waals surface area (Å²) in [5, 5.41) is 0. The normalized spacial score (nSPS) is 10.7. The predicted octanol–water partition coefficient (Wildman–Crippen LogP) is 1.79.